The lowest BCUT2D eigenvalue weighted by molar-refractivity contribution is -0.161. The van der Waals surface area contributed by atoms with Crippen molar-refractivity contribution in [3.63, 3.8) is 0 Å². The first kappa shape index (κ1) is 69.5. The van der Waals surface area contributed by atoms with Gasteiger partial charge < -0.3 is 20.1 Å². The number of nitrogens with two attached hydrogens (primary N) is 1. The Morgan fingerprint density at radius 1 is 0.431 bits per heavy atom. The Hall–Kier alpha value is -2.55. The van der Waals surface area contributed by atoms with E-state index < -0.39 is 26.5 Å². The largest absolute Gasteiger partial charge is 0.472 e. The molecule has 0 aliphatic heterocycles. The van der Waals surface area contributed by atoms with E-state index in [1.165, 1.54) is 161 Å². The van der Waals surface area contributed by atoms with Crippen molar-refractivity contribution in [2.24, 2.45) is 5.73 Å². The first-order valence-corrected chi connectivity index (χ1v) is 31.4. The third kappa shape index (κ3) is 56.7. The van der Waals surface area contributed by atoms with Gasteiger partial charge in [0.15, 0.2) is 6.10 Å². The SMILES string of the molecule is CC/C=C\C/C=C\C/C=C\C/C=C\CCCCCCCCCCCCCCCCCCCCCCC(=O)OC(COC(=O)CCCCCCCCC/C=C\C/C=C\CCCCCC)COP(=O)(O)OCCN. The highest BCUT2D eigenvalue weighted by atomic mass is 31.2. The molecule has 0 aromatic carbocycles. The molecule has 0 bridgehead atoms. The standard InChI is InChI=1S/C62H112NO8P/c1-3-5-7-9-11-13-15-17-19-21-23-24-25-26-27-28-29-30-31-32-33-34-35-36-37-39-41-43-45-47-49-51-53-55-62(65)71-60(59-70-72(66,67)69-57-56-63)58-68-61(64)54-52-50-48-46-44-42-40-38-22-20-18-16-14-12-10-8-6-4-2/h5,7,11,13-14,16-17,19-20,22-24,60H,3-4,6,8-10,12,15,18,21,25-59,63H2,1-2H3,(H,66,67)/b7-5-,13-11-,16-14-,19-17-,22-20-,24-23-. The summed E-state index contributed by atoms with van der Waals surface area (Å²) in [4.78, 5) is 35.2. The van der Waals surface area contributed by atoms with Crippen molar-refractivity contribution in [1.29, 1.82) is 0 Å². The van der Waals surface area contributed by atoms with Gasteiger partial charge in [-0.2, -0.15) is 0 Å². The van der Waals surface area contributed by atoms with E-state index in [4.69, 9.17) is 24.3 Å². The van der Waals surface area contributed by atoms with Gasteiger partial charge in [0, 0.05) is 19.4 Å². The second kappa shape index (κ2) is 57.7. The molecule has 0 fully saturated rings. The van der Waals surface area contributed by atoms with E-state index in [1.807, 2.05) is 0 Å². The molecule has 0 aromatic heterocycles. The lowest BCUT2D eigenvalue weighted by atomic mass is 10.0. The maximum Gasteiger partial charge on any atom is 0.472 e. The van der Waals surface area contributed by atoms with Gasteiger partial charge in [0.1, 0.15) is 6.61 Å². The van der Waals surface area contributed by atoms with Crippen molar-refractivity contribution in [2.75, 3.05) is 26.4 Å². The number of carbonyl (C=O) groups excluding carboxylic acids is 2. The van der Waals surface area contributed by atoms with E-state index in [-0.39, 0.29) is 38.6 Å². The molecule has 0 rings (SSSR count). The van der Waals surface area contributed by atoms with Gasteiger partial charge in [-0.25, -0.2) is 4.57 Å². The Morgan fingerprint density at radius 3 is 1.14 bits per heavy atom. The highest BCUT2D eigenvalue weighted by Crippen LogP contribution is 2.43. The van der Waals surface area contributed by atoms with Gasteiger partial charge in [-0.05, 0) is 83.5 Å². The van der Waals surface area contributed by atoms with Crippen LogP contribution in [-0.2, 0) is 32.7 Å². The van der Waals surface area contributed by atoms with Crippen LogP contribution in [0.4, 0.5) is 0 Å². The molecule has 9 nitrogen and oxygen atoms in total. The topological polar surface area (TPSA) is 134 Å². The minimum Gasteiger partial charge on any atom is -0.462 e. The van der Waals surface area contributed by atoms with Crippen LogP contribution < -0.4 is 5.73 Å². The van der Waals surface area contributed by atoms with Crippen LogP contribution in [0.3, 0.4) is 0 Å². The van der Waals surface area contributed by atoms with Gasteiger partial charge in [-0.3, -0.25) is 18.6 Å². The molecule has 2 atom stereocenters. The summed E-state index contributed by atoms with van der Waals surface area (Å²) in [5.74, 6) is -0.828. The maximum atomic E-state index is 12.7. The average molecular weight is 1030 g/mol. The number of esters is 2. The number of phosphoric acid groups is 1. The molecular formula is C62H112NO8P. The Bertz CT molecular complexity index is 1410. The maximum absolute atomic E-state index is 12.7. The van der Waals surface area contributed by atoms with Crippen molar-refractivity contribution >= 4 is 19.8 Å². The summed E-state index contributed by atoms with van der Waals surface area (Å²) in [6.07, 6.45) is 74.0. The summed E-state index contributed by atoms with van der Waals surface area (Å²) < 4.78 is 33.0. The Labute approximate surface area is 443 Å². The zero-order valence-electron chi connectivity index (χ0n) is 46.7. The highest BCUT2D eigenvalue weighted by Gasteiger charge is 2.26. The molecular weight excluding hydrogens is 918 g/mol. The molecule has 0 amide bonds. The summed E-state index contributed by atoms with van der Waals surface area (Å²) in [6.45, 7) is 3.63. The van der Waals surface area contributed by atoms with E-state index in [9.17, 15) is 19.0 Å². The second-order valence-electron chi connectivity index (χ2n) is 19.8. The molecule has 3 N–H and O–H groups in total. The van der Waals surface area contributed by atoms with Crippen LogP contribution in [0.1, 0.15) is 277 Å². The Kier molecular flexibility index (Phi) is 55.7. The molecule has 10 heteroatoms. The van der Waals surface area contributed by atoms with Crippen molar-refractivity contribution in [3.8, 4) is 0 Å². The molecule has 0 heterocycles. The van der Waals surface area contributed by atoms with Crippen LogP contribution in [0, 0.1) is 0 Å². The number of phosphoric ester groups is 1. The molecule has 0 saturated carbocycles. The highest BCUT2D eigenvalue weighted by molar-refractivity contribution is 7.47. The van der Waals surface area contributed by atoms with Crippen LogP contribution in [0.5, 0.6) is 0 Å². The van der Waals surface area contributed by atoms with Gasteiger partial charge >= 0.3 is 19.8 Å². The minimum absolute atomic E-state index is 0.0515. The zero-order valence-corrected chi connectivity index (χ0v) is 47.5. The molecule has 418 valence electrons. The Morgan fingerprint density at radius 2 is 0.764 bits per heavy atom. The van der Waals surface area contributed by atoms with Gasteiger partial charge in [0.05, 0.1) is 13.2 Å². The molecule has 0 saturated heterocycles. The van der Waals surface area contributed by atoms with Gasteiger partial charge in [0.25, 0.3) is 0 Å². The number of ether oxygens (including phenoxy) is 2. The second-order valence-corrected chi connectivity index (χ2v) is 21.3. The number of rotatable bonds is 56. The third-order valence-electron chi connectivity index (χ3n) is 12.8. The van der Waals surface area contributed by atoms with Crippen molar-refractivity contribution < 1.29 is 37.6 Å². The third-order valence-corrected chi connectivity index (χ3v) is 13.8. The molecule has 0 aliphatic carbocycles. The number of carbonyl (C=O) groups is 2. The predicted octanol–water partition coefficient (Wildman–Crippen LogP) is 18.9. The average Bonchev–Trinajstić information content (AvgIpc) is 3.37. The summed E-state index contributed by atoms with van der Waals surface area (Å²) in [7, 11) is -4.39. The normalized spacial score (nSPS) is 13.6. The van der Waals surface area contributed by atoms with Crippen molar-refractivity contribution in [1.82, 2.24) is 0 Å². The number of hydrogen-bond donors (Lipinski definition) is 2. The van der Waals surface area contributed by atoms with Gasteiger partial charge in [-0.15, -0.1) is 0 Å². The monoisotopic (exact) mass is 1030 g/mol. The van der Waals surface area contributed by atoms with E-state index in [0.717, 1.165) is 83.5 Å². The summed E-state index contributed by atoms with van der Waals surface area (Å²) in [6, 6.07) is 0. The zero-order chi connectivity index (χ0) is 52.4. The van der Waals surface area contributed by atoms with Crippen LogP contribution in [0.15, 0.2) is 72.9 Å². The van der Waals surface area contributed by atoms with Gasteiger partial charge in [0.2, 0.25) is 0 Å². The molecule has 0 aromatic rings. The predicted molar refractivity (Wildman–Crippen MR) is 307 cm³/mol. The van der Waals surface area contributed by atoms with Crippen LogP contribution in [0.2, 0.25) is 0 Å². The number of unbranched alkanes of at least 4 members (excludes halogenated alkanes) is 31. The first-order valence-electron chi connectivity index (χ1n) is 29.9. The van der Waals surface area contributed by atoms with Crippen molar-refractivity contribution in [3.05, 3.63) is 72.9 Å². The molecule has 0 radical (unpaired) electrons. The van der Waals surface area contributed by atoms with Crippen LogP contribution in [-0.4, -0.2) is 49.3 Å². The lowest BCUT2D eigenvalue weighted by Crippen LogP contribution is -2.29. The summed E-state index contributed by atoms with van der Waals surface area (Å²) >= 11 is 0. The Balaban J connectivity index is 3.89. The lowest BCUT2D eigenvalue weighted by Gasteiger charge is -2.19. The molecule has 72 heavy (non-hydrogen) atoms. The van der Waals surface area contributed by atoms with E-state index in [1.54, 1.807) is 0 Å². The fourth-order valence-corrected chi connectivity index (χ4v) is 9.19. The molecule has 0 aliphatic rings. The quantitative estimate of drug-likeness (QED) is 0.0264. The number of hydrogen-bond acceptors (Lipinski definition) is 8. The van der Waals surface area contributed by atoms with E-state index in [2.05, 4.69) is 86.8 Å². The fraction of sp³-hybridized carbons (Fsp3) is 0.774. The molecule has 2 unspecified atom stereocenters. The van der Waals surface area contributed by atoms with E-state index in [0.29, 0.717) is 6.42 Å². The van der Waals surface area contributed by atoms with E-state index >= 15 is 0 Å². The molecule has 0 spiro atoms. The van der Waals surface area contributed by atoms with Crippen LogP contribution in [0.25, 0.3) is 0 Å². The smallest absolute Gasteiger partial charge is 0.462 e. The summed E-state index contributed by atoms with van der Waals surface area (Å²) in [5, 5.41) is 0. The van der Waals surface area contributed by atoms with Crippen LogP contribution >= 0.6 is 7.82 Å². The fourth-order valence-electron chi connectivity index (χ4n) is 8.42. The van der Waals surface area contributed by atoms with Crippen molar-refractivity contribution in [2.45, 2.75) is 283 Å². The summed E-state index contributed by atoms with van der Waals surface area (Å²) in [5.41, 5.74) is 5.38. The minimum atomic E-state index is -4.39. The van der Waals surface area contributed by atoms with Gasteiger partial charge in [-0.1, -0.05) is 254 Å². The first-order chi connectivity index (χ1) is 35.3. The number of allylic oxidation sites excluding steroid dienone is 12.